The normalized spacial score (nSPS) is 11.4. The SMILES string of the molecule is Cc1ccc(-n2ncc(C(=O)NCc3cccnc3N(C)C)c2C(F)(F)F)cc1. The lowest BCUT2D eigenvalue weighted by molar-refractivity contribution is -0.143. The second kappa shape index (κ2) is 7.94. The lowest BCUT2D eigenvalue weighted by Crippen LogP contribution is -2.27. The van der Waals surface area contributed by atoms with Crippen molar-refractivity contribution in [1.29, 1.82) is 0 Å². The molecule has 29 heavy (non-hydrogen) atoms. The third-order valence-electron chi connectivity index (χ3n) is 4.29. The molecule has 0 radical (unpaired) electrons. The Bertz CT molecular complexity index is 1010. The van der Waals surface area contributed by atoms with Gasteiger partial charge in [-0.3, -0.25) is 4.79 Å². The minimum absolute atomic E-state index is 0.0349. The van der Waals surface area contributed by atoms with Crippen molar-refractivity contribution in [2.45, 2.75) is 19.6 Å². The zero-order valence-electron chi connectivity index (χ0n) is 16.2. The number of hydrogen-bond acceptors (Lipinski definition) is 4. The summed E-state index contributed by atoms with van der Waals surface area (Å²) in [7, 11) is 3.59. The van der Waals surface area contributed by atoms with Crippen molar-refractivity contribution in [2.24, 2.45) is 0 Å². The van der Waals surface area contributed by atoms with E-state index in [9.17, 15) is 18.0 Å². The highest BCUT2D eigenvalue weighted by molar-refractivity contribution is 5.95. The largest absolute Gasteiger partial charge is 0.434 e. The molecule has 0 saturated heterocycles. The van der Waals surface area contributed by atoms with Gasteiger partial charge in [-0.2, -0.15) is 18.3 Å². The van der Waals surface area contributed by atoms with Gasteiger partial charge in [0.25, 0.3) is 5.91 Å². The average Bonchev–Trinajstić information content (AvgIpc) is 3.12. The number of benzene rings is 1. The predicted molar refractivity (Wildman–Crippen MR) is 103 cm³/mol. The molecular formula is C20H20F3N5O. The van der Waals surface area contributed by atoms with Crippen molar-refractivity contribution < 1.29 is 18.0 Å². The Balaban J connectivity index is 1.91. The standard InChI is InChI=1S/C20H20F3N5O/c1-13-6-8-15(9-7-13)28-17(20(21,22)23)16(12-26-28)19(29)25-11-14-5-4-10-24-18(14)27(2)3/h4-10,12H,11H2,1-3H3,(H,25,29). The van der Waals surface area contributed by atoms with Gasteiger partial charge in [0.1, 0.15) is 5.82 Å². The molecule has 1 amide bonds. The van der Waals surface area contributed by atoms with Gasteiger partial charge in [-0.1, -0.05) is 23.8 Å². The highest BCUT2D eigenvalue weighted by Crippen LogP contribution is 2.33. The molecule has 6 nitrogen and oxygen atoms in total. The number of carbonyl (C=O) groups excluding carboxylic acids is 1. The predicted octanol–water partition coefficient (Wildman–Crippen LogP) is 3.59. The first-order valence-corrected chi connectivity index (χ1v) is 8.80. The van der Waals surface area contributed by atoms with E-state index >= 15 is 0 Å². The molecule has 0 saturated carbocycles. The molecule has 1 N–H and O–H groups in total. The number of aryl methyl sites for hydroxylation is 1. The molecule has 0 fully saturated rings. The Hall–Kier alpha value is -3.36. The Kier molecular flexibility index (Phi) is 5.58. The second-order valence-corrected chi connectivity index (χ2v) is 6.72. The summed E-state index contributed by atoms with van der Waals surface area (Å²) in [5.74, 6) is -0.233. The third-order valence-corrected chi connectivity index (χ3v) is 4.29. The topological polar surface area (TPSA) is 63.1 Å². The smallest absolute Gasteiger partial charge is 0.362 e. The Morgan fingerprint density at radius 1 is 1.17 bits per heavy atom. The quantitative estimate of drug-likeness (QED) is 0.707. The molecule has 1 aromatic carbocycles. The first-order chi connectivity index (χ1) is 13.7. The van der Waals surface area contributed by atoms with Gasteiger partial charge in [0.05, 0.1) is 17.4 Å². The van der Waals surface area contributed by atoms with Crippen LogP contribution in [0.2, 0.25) is 0 Å². The van der Waals surface area contributed by atoms with Gasteiger partial charge in [-0.05, 0) is 25.1 Å². The number of hydrogen-bond donors (Lipinski definition) is 1. The van der Waals surface area contributed by atoms with Crippen molar-refractivity contribution in [3.63, 3.8) is 0 Å². The van der Waals surface area contributed by atoms with Crippen LogP contribution in [0.5, 0.6) is 0 Å². The fourth-order valence-electron chi connectivity index (χ4n) is 2.91. The van der Waals surface area contributed by atoms with Crippen molar-refractivity contribution >= 4 is 11.7 Å². The van der Waals surface area contributed by atoms with Gasteiger partial charge >= 0.3 is 6.18 Å². The fourth-order valence-corrected chi connectivity index (χ4v) is 2.91. The maximum atomic E-state index is 13.7. The molecule has 0 aliphatic carbocycles. The van der Waals surface area contributed by atoms with Crippen LogP contribution in [0.25, 0.3) is 5.69 Å². The molecule has 0 bridgehead atoms. The summed E-state index contributed by atoms with van der Waals surface area (Å²) >= 11 is 0. The lowest BCUT2D eigenvalue weighted by Gasteiger charge is -2.16. The van der Waals surface area contributed by atoms with Crippen LogP contribution in [0.3, 0.4) is 0 Å². The van der Waals surface area contributed by atoms with Crippen LogP contribution in [0.1, 0.15) is 27.2 Å². The zero-order chi connectivity index (χ0) is 21.2. The van der Waals surface area contributed by atoms with Crippen molar-refractivity contribution in [3.05, 3.63) is 71.2 Å². The maximum absolute atomic E-state index is 13.7. The number of aromatic nitrogens is 3. The van der Waals surface area contributed by atoms with Crippen LogP contribution in [-0.2, 0) is 12.7 Å². The van der Waals surface area contributed by atoms with E-state index in [1.165, 1.54) is 12.1 Å². The van der Waals surface area contributed by atoms with E-state index in [2.05, 4.69) is 15.4 Å². The molecule has 0 aliphatic rings. The molecule has 152 valence electrons. The van der Waals surface area contributed by atoms with E-state index in [1.54, 1.807) is 49.5 Å². The van der Waals surface area contributed by atoms with Gasteiger partial charge in [0, 0.05) is 32.4 Å². The van der Waals surface area contributed by atoms with Crippen LogP contribution in [-0.4, -0.2) is 34.8 Å². The van der Waals surface area contributed by atoms with E-state index in [4.69, 9.17) is 0 Å². The van der Waals surface area contributed by atoms with Crippen molar-refractivity contribution in [2.75, 3.05) is 19.0 Å². The van der Waals surface area contributed by atoms with Crippen LogP contribution in [0, 0.1) is 6.92 Å². The van der Waals surface area contributed by atoms with E-state index < -0.39 is 23.3 Å². The number of amides is 1. The molecule has 3 rings (SSSR count). The van der Waals surface area contributed by atoms with E-state index in [-0.39, 0.29) is 12.2 Å². The fraction of sp³-hybridized carbons (Fsp3) is 0.250. The first-order valence-electron chi connectivity index (χ1n) is 8.80. The molecule has 2 aromatic heterocycles. The number of pyridine rings is 1. The zero-order valence-corrected chi connectivity index (χ0v) is 16.2. The highest BCUT2D eigenvalue weighted by Gasteiger charge is 2.40. The first kappa shape index (κ1) is 20.4. The molecule has 9 heteroatoms. The molecular weight excluding hydrogens is 383 g/mol. The summed E-state index contributed by atoms with van der Waals surface area (Å²) in [6, 6.07) is 9.87. The van der Waals surface area contributed by atoms with E-state index in [0.29, 0.717) is 11.4 Å². The summed E-state index contributed by atoms with van der Waals surface area (Å²) < 4.78 is 42.0. The third kappa shape index (κ3) is 4.39. The maximum Gasteiger partial charge on any atom is 0.434 e. The van der Waals surface area contributed by atoms with Gasteiger partial charge in [-0.25, -0.2) is 9.67 Å². The number of carbonyl (C=O) groups is 1. The highest BCUT2D eigenvalue weighted by atomic mass is 19.4. The molecule has 0 atom stereocenters. The number of rotatable bonds is 5. The second-order valence-electron chi connectivity index (χ2n) is 6.72. The minimum Gasteiger partial charge on any atom is -0.362 e. The average molecular weight is 403 g/mol. The van der Waals surface area contributed by atoms with Gasteiger partial charge < -0.3 is 10.2 Å². The summed E-state index contributed by atoms with van der Waals surface area (Å²) in [6.45, 7) is 1.87. The monoisotopic (exact) mass is 403 g/mol. The Morgan fingerprint density at radius 2 is 1.86 bits per heavy atom. The molecule has 3 aromatic rings. The van der Waals surface area contributed by atoms with Crippen molar-refractivity contribution in [3.8, 4) is 5.69 Å². The molecule has 2 heterocycles. The van der Waals surface area contributed by atoms with Crippen LogP contribution >= 0.6 is 0 Å². The summed E-state index contributed by atoms with van der Waals surface area (Å²) in [5, 5.41) is 6.36. The lowest BCUT2D eigenvalue weighted by atomic mass is 10.2. The summed E-state index contributed by atoms with van der Waals surface area (Å²) in [5.41, 5.74) is 0.168. The summed E-state index contributed by atoms with van der Waals surface area (Å²) in [4.78, 5) is 18.5. The Morgan fingerprint density at radius 3 is 2.48 bits per heavy atom. The van der Waals surface area contributed by atoms with E-state index in [0.717, 1.165) is 16.4 Å². The van der Waals surface area contributed by atoms with Crippen LogP contribution in [0.4, 0.5) is 19.0 Å². The minimum atomic E-state index is -4.75. The summed E-state index contributed by atoms with van der Waals surface area (Å²) in [6.07, 6.45) is -2.21. The van der Waals surface area contributed by atoms with Gasteiger partial charge in [-0.15, -0.1) is 0 Å². The van der Waals surface area contributed by atoms with Gasteiger partial charge in [0.15, 0.2) is 5.69 Å². The van der Waals surface area contributed by atoms with Crippen LogP contribution in [0.15, 0.2) is 48.8 Å². The van der Waals surface area contributed by atoms with Crippen molar-refractivity contribution in [1.82, 2.24) is 20.1 Å². The van der Waals surface area contributed by atoms with E-state index in [1.807, 2.05) is 6.92 Å². The number of halogens is 3. The number of alkyl halides is 3. The van der Waals surface area contributed by atoms with Gasteiger partial charge in [0.2, 0.25) is 0 Å². The van der Waals surface area contributed by atoms with Crippen LogP contribution < -0.4 is 10.2 Å². The number of anilines is 1. The molecule has 0 aliphatic heterocycles. The number of nitrogens with one attached hydrogen (secondary N) is 1. The molecule has 0 spiro atoms. The number of nitrogens with zero attached hydrogens (tertiary/aromatic N) is 4. The Labute approximate surface area is 166 Å². The molecule has 0 unspecified atom stereocenters.